The van der Waals surface area contributed by atoms with Gasteiger partial charge in [-0.2, -0.15) is 0 Å². The second kappa shape index (κ2) is 5.80. The molecule has 0 radical (unpaired) electrons. The number of hydrogen-bond donors (Lipinski definition) is 1. The smallest absolute Gasteiger partial charge is 0.229 e. The van der Waals surface area contributed by atoms with E-state index in [1.807, 2.05) is 43.4 Å². The Morgan fingerprint density at radius 3 is 2.42 bits per heavy atom. The molecular formula is C15H20N4. The first-order valence-electron chi connectivity index (χ1n) is 6.44. The van der Waals surface area contributed by atoms with Crippen molar-refractivity contribution in [1.29, 1.82) is 0 Å². The van der Waals surface area contributed by atoms with Crippen LogP contribution in [0.1, 0.15) is 18.1 Å². The first kappa shape index (κ1) is 13.5. The predicted molar refractivity (Wildman–Crippen MR) is 78.6 cm³/mol. The average molecular weight is 256 g/mol. The molecule has 0 aliphatic carbocycles. The maximum absolute atomic E-state index is 5.77. The van der Waals surface area contributed by atoms with Gasteiger partial charge in [0.15, 0.2) is 0 Å². The zero-order chi connectivity index (χ0) is 13.8. The van der Waals surface area contributed by atoms with Crippen molar-refractivity contribution in [1.82, 2.24) is 9.97 Å². The molecule has 1 aromatic heterocycles. The van der Waals surface area contributed by atoms with Gasteiger partial charge < -0.3 is 10.6 Å². The van der Waals surface area contributed by atoms with E-state index in [9.17, 15) is 0 Å². The summed E-state index contributed by atoms with van der Waals surface area (Å²) in [6, 6.07) is 8.32. The molecule has 4 heteroatoms. The van der Waals surface area contributed by atoms with Gasteiger partial charge in [0.05, 0.1) is 0 Å². The molecular weight excluding hydrogens is 236 g/mol. The van der Waals surface area contributed by atoms with Crippen LogP contribution in [0, 0.1) is 6.92 Å². The normalized spacial score (nSPS) is 12.2. The summed E-state index contributed by atoms with van der Waals surface area (Å²) < 4.78 is 0. The number of rotatable bonds is 4. The molecule has 2 N–H and O–H groups in total. The minimum absolute atomic E-state index is 0.128. The van der Waals surface area contributed by atoms with Crippen molar-refractivity contribution in [2.75, 3.05) is 11.9 Å². The van der Waals surface area contributed by atoms with Gasteiger partial charge in [-0.1, -0.05) is 18.2 Å². The molecule has 1 aromatic carbocycles. The fourth-order valence-electron chi connectivity index (χ4n) is 2.05. The highest BCUT2D eigenvalue weighted by atomic mass is 15.2. The molecule has 4 nitrogen and oxygen atoms in total. The van der Waals surface area contributed by atoms with E-state index in [0.717, 1.165) is 17.7 Å². The maximum Gasteiger partial charge on any atom is 0.229 e. The Morgan fingerprint density at radius 1 is 1.21 bits per heavy atom. The highest BCUT2D eigenvalue weighted by molar-refractivity contribution is 5.60. The van der Waals surface area contributed by atoms with Gasteiger partial charge in [-0.05, 0) is 37.5 Å². The summed E-state index contributed by atoms with van der Waals surface area (Å²) in [6.45, 7) is 4.06. The van der Waals surface area contributed by atoms with Gasteiger partial charge in [-0.15, -0.1) is 0 Å². The Kier molecular flexibility index (Phi) is 4.12. The van der Waals surface area contributed by atoms with E-state index >= 15 is 0 Å². The van der Waals surface area contributed by atoms with Crippen LogP contribution < -0.4 is 10.6 Å². The van der Waals surface area contributed by atoms with Crippen LogP contribution in [0.15, 0.2) is 36.7 Å². The Labute approximate surface area is 114 Å². The van der Waals surface area contributed by atoms with E-state index in [4.69, 9.17) is 5.73 Å². The largest absolute Gasteiger partial charge is 0.328 e. The molecule has 2 aromatic rings. The predicted octanol–water partition coefficient (Wildman–Crippen LogP) is 2.44. The van der Waals surface area contributed by atoms with Gasteiger partial charge in [-0.25, -0.2) is 9.97 Å². The zero-order valence-corrected chi connectivity index (χ0v) is 11.7. The third-order valence-electron chi connectivity index (χ3n) is 3.03. The van der Waals surface area contributed by atoms with Gasteiger partial charge >= 0.3 is 0 Å². The molecule has 0 aliphatic heterocycles. The Morgan fingerprint density at radius 2 is 1.84 bits per heavy atom. The number of nitrogens with zero attached hydrogens (tertiary/aromatic N) is 3. The van der Waals surface area contributed by atoms with E-state index in [0.29, 0.717) is 5.95 Å². The minimum atomic E-state index is 0.128. The Hall–Kier alpha value is -1.94. The lowest BCUT2D eigenvalue weighted by Gasteiger charge is -2.19. The highest BCUT2D eigenvalue weighted by Gasteiger charge is 2.09. The van der Waals surface area contributed by atoms with Gasteiger partial charge in [-0.3, -0.25) is 0 Å². The van der Waals surface area contributed by atoms with Crippen LogP contribution in [0.3, 0.4) is 0 Å². The zero-order valence-electron chi connectivity index (χ0n) is 11.7. The van der Waals surface area contributed by atoms with Crippen LogP contribution in [-0.2, 0) is 6.42 Å². The van der Waals surface area contributed by atoms with E-state index < -0.39 is 0 Å². The molecule has 0 bridgehead atoms. The van der Waals surface area contributed by atoms with E-state index in [1.165, 1.54) is 5.56 Å². The average Bonchev–Trinajstić information content (AvgIpc) is 2.39. The second-order valence-corrected chi connectivity index (χ2v) is 4.92. The number of benzene rings is 1. The van der Waals surface area contributed by atoms with E-state index in [1.54, 1.807) is 0 Å². The van der Waals surface area contributed by atoms with Crippen LogP contribution >= 0.6 is 0 Å². The van der Waals surface area contributed by atoms with Crippen molar-refractivity contribution in [3.05, 3.63) is 47.8 Å². The lowest BCUT2D eigenvalue weighted by molar-refractivity contribution is 0.732. The topological polar surface area (TPSA) is 55.0 Å². The first-order valence-corrected chi connectivity index (χ1v) is 6.44. The fraction of sp³-hybridized carbons (Fsp3) is 0.333. The quantitative estimate of drug-likeness (QED) is 0.913. The number of anilines is 2. The molecule has 1 heterocycles. The molecule has 19 heavy (non-hydrogen) atoms. The van der Waals surface area contributed by atoms with Crippen molar-refractivity contribution in [3.63, 3.8) is 0 Å². The molecule has 100 valence electrons. The van der Waals surface area contributed by atoms with Gasteiger partial charge in [0.25, 0.3) is 0 Å². The van der Waals surface area contributed by atoms with Crippen molar-refractivity contribution >= 4 is 11.6 Å². The summed E-state index contributed by atoms with van der Waals surface area (Å²) in [6.07, 6.45) is 4.50. The summed E-state index contributed by atoms with van der Waals surface area (Å²) in [4.78, 5) is 10.8. The molecule has 0 spiro atoms. The van der Waals surface area contributed by atoms with Crippen molar-refractivity contribution in [2.24, 2.45) is 5.73 Å². The molecule has 2 rings (SSSR count). The summed E-state index contributed by atoms with van der Waals surface area (Å²) in [7, 11) is 1.98. The maximum atomic E-state index is 5.77. The molecule has 1 unspecified atom stereocenters. The Bertz CT molecular complexity index is 534. The summed E-state index contributed by atoms with van der Waals surface area (Å²) >= 11 is 0. The van der Waals surface area contributed by atoms with E-state index in [2.05, 4.69) is 29.0 Å². The number of para-hydroxylation sites is 1. The third kappa shape index (κ3) is 3.29. The van der Waals surface area contributed by atoms with Crippen LogP contribution in [0.4, 0.5) is 11.6 Å². The van der Waals surface area contributed by atoms with Gasteiger partial charge in [0.2, 0.25) is 5.95 Å². The third-order valence-corrected chi connectivity index (χ3v) is 3.03. The lowest BCUT2D eigenvalue weighted by Crippen LogP contribution is -2.19. The van der Waals surface area contributed by atoms with E-state index in [-0.39, 0.29) is 6.04 Å². The lowest BCUT2D eigenvalue weighted by atomic mass is 10.1. The second-order valence-electron chi connectivity index (χ2n) is 4.92. The molecule has 0 fully saturated rings. The van der Waals surface area contributed by atoms with Gasteiger partial charge in [0, 0.05) is 31.2 Å². The highest BCUT2D eigenvalue weighted by Crippen LogP contribution is 2.23. The van der Waals surface area contributed by atoms with Crippen molar-refractivity contribution in [2.45, 2.75) is 26.3 Å². The first-order chi connectivity index (χ1) is 9.08. The molecule has 1 atom stereocenters. The molecule has 0 saturated heterocycles. The summed E-state index contributed by atoms with van der Waals surface area (Å²) in [5.41, 5.74) is 9.15. The number of aryl methyl sites for hydroxylation is 1. The van der Waals surface area contributed by atoms with Crippen LogP contribution in [0.25, 0.3) is 0 Å². The fourth-order valence-corrected chi connectivity index (χ4v) is 2.05. The number of aromatic nitrogens is 2. The number of nitrogens with two attached hydrogens (primary N) is 1. The number of hydrogen-bond acceptors (Lipinski definition) is 4. The standard InChI is InChI=1S/C15H20N4/c1-11-6-4-5-7-14(11)19(3)15-17-9-13(10-18-15)8-12(2)16/h4-7,9-10,12H,8,16H2,1-3H3. The van der Waals surface area contributed by atoms with Crippen molar-refractivity contribution in [3.8, 4) is 0 Å². The molecule has 0 amide bonds. The summed E-state index contributed by atoms with van der Waals surface area (Å²) in [5, 5.41) is 0. The SMILES string of the molecule is Cc1ccccc1N(C)c1ncc(CC(C)N)cn1. The Balaban J connectivity index is 2.20. The van der Waals surface area contributed by atoms with Crippen LogP contribution in [0.5, 0.6) is 0 Å². The van der Waals surface area contributed by atoms with Crippen LogP contribution in [0.2, 0.25) is 0 Å². The molecule has 0 aliphatic rings. The van der Waals surface area contributed by atoms with Gasteiger partial charge in [0.1, 0.15) is 0 Å². The summed E-state index contributed by atoms with van der Waals surface area (Å²) in [5.74, 6) is 0.697. The molecule has 0 saturated carbocycles. The van der Waals surface area contributed by atoms with Crippen molar-refractivity contribution < 1.29 is 0 Å². The monoisotopic (exact) mass is 256 g/mol. The minimum Gasteiger partial charge on any atom is -0.328 e. The van der Waals surface area contributed by atoms with Crippen LogP contribution in [-0.4, -0.2) is 23.1 Å².